The van der Waals surface area contributed by atoms with Gasteiger partial charge in [0, 0.05) is 12.0 Å². The summed E-state index contributed by atoms with van der Waals surface area (Å²) in [4.78, 5) is 11.4. The molecule has 0 saturated heterocycles. The zero-order chi connectivity index (χ0) is 10.1. The molecule has 0 aromatic heterocycles. The summed E-state index contributed by atoms with van der Waals surface area (Å²) in [7, 11) is 0. The summed E-state index contributed by atoms with van der Waals surface area (Å²) in [5, 5.41) is 0. The number of carbonyl (C=O) groups excluding carboxylic acids is 1. The first-order valence-corrected chi connectivity index (χ1v) is 5.21. The fourth-order valence-corrected chi connectivity index (χ4v) is 1.77. The minimum atomic E-state index is -0.108. The Morgan fingerprint density at radius 3 is 2.93 bits per heavy atom. The van der Waals surface area contributed by atoms with Gasteiger partial charge in [0.15, 0.2) is 0 Å². The van der Waals surface area contributed by atoms with Crippen molar-refractivity contribution in [1.29, 1.82) is 0 Å². The van der Waals surface area contributed by atoms with Gasteiger partial charge >= 0.3 is 5.97 Å². The number of ether oxygens (including phenoxy) is 1. The standard InChI is InChI=1S/C12H16O2/c1-8(2)5-11-7-10(12(13)14-11)6-9-3-4-9/h7,9,11H,1,3-6H2,2H3/t11-/m1/s1. The molecule has 0 spiro atoms. The first kappa shape index (κ1) is 9.50. The monoisotopic (exact) mass is 192 g/mol. The van der Waals surface area contributed by atoms with Crippen molar-refractivity contribution in [1.82, 2.24) is 0 Å². The van der Waals surface area contributed by atoms with Gasteiger partial charge in [-0.3, -0.25) is 0 Å². The highest BCUT2D eigenvalue weighted by atomic mass is 16.5. The van der Waals surface area contributed by atoms with E-state index in [1.165, 1.54) is 12.8 Å². The molecule has 1 fully saturated rings. The Morgan fingerprint density at radius 2 is 2.36 bits per heavy atom. The topological polar surface area (TPSA) is 26.3 Å². The minimum Gasteiger partial charge on any atom is -0.454 e. The molecule has 2 rings (SSSR count). The molecule has 0 radical (unpaired) electrons. The van der Waals surface area contributed by atoms with Crippen LogP contribution in [0.25, 0.3) is 0 Å². The number of esters is 1. The van der Waals surface area contributed by atoms with Gasteiger partial charge in [-0.2, -0.15) is 0 Å². The fourth-order valence-electron chi connectivity index (χ4n) is 1.77. The number of rotatable bonds is 4. The lowest BCUT2D eigenvalue weighted by atomic mass is 10.1. The first-order chi connectivity index (χ1) is 6.65. The van der Waals surface area contributed by atoms with Crippen LogP contribution in [0.1, 0.15) is 32.6 Å². The molecule has 0 aromatic rings. The van der Waals surface area contributed by atoms with Crippen LogP contribution in [0.3, 0.4) is 0 Å². The molecule has 0 N–H and O–H groups in total. The molecule has 76 valence electrons. The molecule has 1 aliphatic carbocycles. The molecular weight excluding hydrogens is 176 g/mol. The summed E-state index contributed by atoms with van der Waals surface area (Å²) in [5.41, 5.74) is 1.95. The summed E-state index contributed by atoms with van der Waals surface area (Å²) < 4.78 is 5.22. The molecule has 1 atom stereocenters. The molecule has 1 heterocycles. The maximum atomic E-state index is 11.4. The molecular formula is C12H16O2. The highest BCUT2D eigenvalue weighted by Gasteiger charge is 2.30. The Balaban J connectivity index is 1.93. The van der Waals surface area contributed by atoms with Gasteiger partial charge in [-0.15, -0.1) is 0 Å². The smallest absolute Gasteiger partial charge is 0.334 e. The predicted molar refractivity (Wildman–Crippen MR) is 54.7 cm³/mol. The quantitative estimate of drug-likeness (QED) is 0.505. The molecule has 0 unspecified atom stereocenters. The average Bonchev–Trinajstić information content (AvgIpc) is 2.79. The number of cyclic esters (lactones) is 1. The molecule has 0 bridgehead atoms. The lowest BCUT2D eigenvalue weighted by molar-refractivity contribution is -0.139. The van der Waals surface area contributed by atoms with Gasteiger partial charge < -0.3 is 4.74 Å². The molecule has 0 aromatic carbocycles. The maximum absolute atomic E-state index is 11.4. The van der Waals surface area contributed by atoms with E-state index < -0.39 is 0 Å². The molecule has 2 heteroatoms. The van der Waals surface area contributed by atoms with Crippen LogP contribution in [0.15, 0.2) is 23.8 Å². The third kappa shape index (κ3) is 2.25. The largest absolute Gasteiger partial charge is 0.454 e. The number of hydrogen-bond donors (Lipinski definition) is 0. The maximum Gasteiger partial charge on any atom is 0.334 e. The van der Waals surface area contributed by atoms with E-state index in [9.17, 15) is 4.79 Å². The number of hydrogen-bond acceptors (Lipinski definition) is 2. The third-order valence-electron chi connectivity index (χ3n) is 2.66. The van der Waals surface area contributed by atoms with Crippen molar-refractivity contribution in [3.63, 3.8) is 0 Å². The van der Waals surface area contributed by atoms with E-state index in [0.29, 0.717) is 0 Å². The highest BCUT2D eigenvalue weighted by Crippen LogP contribution is 2.37. The molecule has 2 nitrogen and oxygen atoms in total. The van der Waals surface area contributed by atoms with Crippen LogP contribution >= 0.6 is 0 Å². The Labute approximate surface area is 84.6 Å². The SMILES string of the molecule is C=C(C)C[C@@H]1C=C(CC2CC2)C(=O)O1. The summed E-state index contributed by atoms with van der Waals surface area (Å²) in [6, 6.07) is 0. The summed E-state index contributed by atoms with van der Waals surface area (Å²) >= 11 is 0. The van der Waals surface area contributed by atoms with Crippen LogP contribution in [-0.2, 0) is 9.53 Å². The van der Waals surface area contributed by atoms with Crippen molar-refractivity contribution >= 4 is 5.97 Å². The Morgan fingerprint density at radius 1 is 1.64 bits per heavy atom. The molecule has 0 amide bonds. The average molecular weight is 192 g/mol. The van der Waals surface area contributed by atoms with Gasteiger partial charge in [0.2, 0.25) is 0 Å². The van der Waals surface area contributed by atoms with E-state index in [2.05, 4.69) is 6.58 Å². The zero-order valence-corrected chi connectivity index (χ0v) is 8.58. The summed E-state index contributed by atoms with van der Waals surface area (Å²) in [5.74, 6) is 0.639. The van der Waals surface area contributed by atoms with Crippen molar-refractivity contribution in [2.75, 3.05) is 0 Å². The molecule has 14 heavy (non-hydrogen) atoms. The predicted octanol–water partition coefficient (Wildman–Crippen LogP) is 2.60. The van der Waals surface area contributed by atoms with E-state index >= 15 is 0 Å². The lowest BCUT2D eigenvalue weighted by Crippen LogP contribution is -2.08. The molecule has 1 aliphatic heterocycles. The highest BCUT2D eigenvalue weighted by molar-refractivity contribution is 5.91. The van der Waals surface area contributed by atoms with Crippen molar-refractivity contribution in [2.45, 2.75) is 38.7 Å². The van der Waals surface area contributed by atoms with Gasteiger partial charge in [0.05, 0.1) is 0 Å². The first-order valence-electron chi connectivity index (χ1n) is 5.21. The van der Waals surface area contributed by atoms with Crippen molar-refractivity contribution in [3.8, 4) is 0 Å². The summed E-state index contributed by atoms with van der Waals surface area (Å²) in [6.07, 6.45) is 6.17. The van der Waals surface area contributed by atoms with Gasteiger partial charge in [-0.25, -0.2) is 4.79 Å². The summed E-state index contributed by atoms with van der Waals surface area (Å²) in [6.45, 7) is 5.78. The van der Waals surface area contributed by atoms with Crippen LogP contribution in [0, 0.1) is 5.92 Å². The zero-order valence-electron chi connectivity index (χ0n) is 8.58. The van der Waals surface area contributed by atoms with E-state index in [1.807, 2.05) is 13.0 Å². The second-order valence-electron chi connectivity index (χ2n) is 4.44. The number of carbonyl (C=O) groups is 1. The second-order valence-corrected chi connectivity index (χ2v) is 4.44. The minimum absolute atomic E-state index is 0.0475. The molecule has 2 aliphatic rings. The Hall–Kier alpha value is -1.05. The van der Waals surface area contributed by atoms with E-state index in [-0.39, 0.29) is 12.1 Å². The van der Waals surface area contributed by atoms with Crippen molar-refractivity contribution in [3.05, 3.63) is 23.8 Å². The van der Waals surface area contributed by atoms with Crippen molar-refractivity contribution < 1.29 is 9.53 Å². The third-order valence-corrected chi connectivity index (χ3v) is 2.66. The Kier molecular flexibility index (Phi) is 2.44. The fraction of sp³-hybridized carbons (Fsp3) is 0.583. The van der Waals surface area contributed by atoms with E-state index in [4.69, 9.17) is 4.74 Å². The van der Waals surface area contributed by atoms with E-state index in [1.54, 1.807) is 0 Å². The van der Waals surface area contributed by atoms with Crippen LogP contribution in [0.4, 0.5) is 0 Å². The van der Waals surface area contributed by atoms with Crippen LogP contribution in [0.5, 0.6) is 0 Å². The second kappa shape index (κ2) is 3.60. The van der Waals surface area contributed by atoms with Gasteiger partial charge in [-0.05, 0) is 38.2 Å². The Bertz CT molecular complexity index is 297. The van der Waals surface area contributed by atoms with Crippen LogP contribution < -0.4 is 0 Å². The van der Waals surface area contributed by atoms with Gasteiger partial charge in [-0.1, -0.05) is 12.2 Å². The van der Waals surface area contributed by atoms with Crippen LogP contribution in [-0.4, -0.2) is 12.1 Å². The van der Waals surface area contributed by atoms with Gasteiger partial charge in [0.25, 0.3) is 0 Å². The van der Waals surface area contributed by atoms with Gasteiger partial charge in [0.1, 0.15) is 6.10 Å². The molecule has 1 saturated carbocycles. The normalized spacial score (nSPS) is 25.9. The van der Waals surface area contributed by atoms with E-state index in [0.717, 1.165) is 29.9 Å². The lowest BCUT2D eigenvalue weighted by Gasteiger charge is -2.06. The van der Waals surface area contributed by atoms with Crippen molar-refractivity contribution in [2.24, 2.45) is 5.92 Å². The van der Waals surface area contributed by atoms with Crippen LogP contribution in [0.2, 0.25) is 0 Å².